The zero-order valence-corrected chi connectivity index (χ0v) is 23.6. The molecule has 34 heavy (non-hydrogen) atoms. The first-order chi connectivity index (χ1) is 15.5. The van der Waals surface area contributed by atoms with Crippen LogP contribution in [0.3, 0.4) is 0 Å². The number of pyridine rings is 1. The molecule has 0 bridgehead atoms. The van der Waals surface area contributed by atoms with Gasteiger partial charge in [-0.25, -0.2) is 0 Å². The number of aliphatic hydroxyl groups excluding tert-OH is 1. The Balaban J connectivity index is 0.000000449. The predicted molar refractivity (Wildman–Crippen MR) is 140 cm³/mol. The normalized spacial score (nSPS) is 11.4. The second-order valence-electron chi connectivity index (χ2n) is 9.20. The van der Waals surface area contributed by atoms with Crippen LogP contribution < -0.4 is 0 Å². The Hall–Kier alpha value is -2.59. The van der Waals surface area contributed by atoms with Crippen LogP contribution in [-0.2, 0) is 30.3 Å². The van der Waals surface area contributed by atoms with Crippen LogP contribution >= 0.6 is 11.3 Å². The number of carbonyl (C=O) groups is 1. The van der Waals surface area contributed by atoms with E-state index in [1.807, 2.05) is 17.5 Å². The molecule has 0 amide bonds. The Morgan fingerprint density at radius 1 is 1.06 bits per heavy atom. The van der Waals surface area contributed by atoms with Crippen molar-refractivity contribution in [2.45, 2.75) is 47.0 Å². The standard InChI is InChI=1S/C24H22NS.C5H8O2.Ir/c1-16-10-18(12-20(11-16)24(2,3)4)21-14-23-19(15-25-21)13-22(26-23)17-8-6-5-7-9-17;1-4(6)3-5(2)7;/h5-9,11-15H,1-4H3;3,6H,1-2H3;/q-1;;/b;4-3-;. The van der Waals surface area contributed by atoms with Crippen LogP contribution in [0, 0.1) is 13.0 Å². The molecule has 3 nitrogen and oxygen atoms in total. The third kappa shape index (κ3) is 7.46. The first-order valence-electron chi connectivity index (χ1n) is 10.9. The zero-order chi connectivity index (χ0) is 24.2. The molecule has 4 rings (SSSR count). The predicted octanol–water partition coefficient (Wildman–Crippen LogP) is 8.07. The molecule has 2 aromatic carbocycles. The van der Waals surface area contributed by atoms with Crippen LogP contribution in [-0.4, -0.2) is 15.9 Å². The molecule has 179 valence electrons. The minimum absolute atomic E-state index is 0. The van der Waals surface area contributed by atoms with Gasteiger partial charge in [-0.3, -0.25) is 4.79 Å². The Morgan fingerprint density at radius 3 is 2.29 bits per heavy atom. The smallest absolute Gasteiger partial charge is 0.155 e. The van der Waals surface area contributed by atoms with Crippen molar-refractivity contribution >= 4 is 27.2 Å². The number of benzene rings is 2. The Labute approximate surface area is 219 Å². The number of nitrogens with zero attached hydrogens (tertiary/aromatic N) is 1. The second-order valence-corrected chi connectivity index (χ2v) is 10.3. The minimum atomic E-state index is -0.125. The number of allylic oxidation sites excluding steroid dienone is 2. The SMILES string of the molecule is CC(=O)/C=C(/C)O.Cc1[c-]c(-c2cc3sc(-c4ccccc4)cc3cn2)cc(C(C)(C)C)c1.[Ir]. The molecule has 2 aromatic heterocycles. The molecule has 0 aliphatic heterocycles. The van der Waals surface area contributed by atoms with Crippen LogP contribution in [0.2, 0.25) is 0 Å². The van der Waals surface area contributed by atoms with Gasteiger partial charge in [-0.1, -0.05) is 64.1 Å². The molecule has 0 atom stereocenters. The van der Waals surface area contributed by atoms with Gasteiger partial charge in [-0.2, -0.15) is 0 Å². The number of rotatable bonds is 3. The maximum atomic E-state index is 10.0. The number of fused-ring (bicyclic) bond motifs is 1. The molecular weight excluding hydrogens is 619 g/mol. The third-order valence-corrected chi connectivity index (χ3v) is 6.16. The van der Waals surface area contributed by atoms with Crippen molar-refractivity contribution in [2.24, 2.45) is 0 Å². The molecular formula is C29H30IrNO2S-. The first-order valence-corrected chi connectivity index (χ1v) is 11.7. The van der Waals surface area contributed by atoms with Crippen molar-refractivity contribution < 1.29 is 30.0 Å². The summed E-state index contributed by atoms with van der Waals surface area (Å²) in [4.78, 5) is 16.0. The molecule has 0 spiro atoms. The van der Waals surface area contributed by atoms with Crippen LogP contribution in [0.1, 0.15) is 45.7 Å². The molecule has 0 unspecified atom stereocenters. The summed E-state index contributed by atoms with van der Waals surface area (Å²) in [5.74, 6) is -0.0625. The van der Waals surface area contributed by atoms with Crippen LogP contribution in [0.5, 0.6) is 0 Å². The summed E-state index contributed by atoms with van der Waals surface area (Å²) in [5.41, 5.74) is 5.92. The number of hydrogen-bond donors (Lipinski definition) is 1. The molecule has 0 aliphatic rings. The fraction of sp³-hybridized carbons (Fsp3) is 0.241. The average molecular weight is 649 g/mol. The zero-order valence-electron chi connectivity index (χ0n) is 20.4. The van der Waals surface area contributed by atoms with Crippen molar-refractivity contribution in [3.8, 4) is 21.7 Å². The molecule has 0 saturated carbocycles. The Morgan fingerprint density at radius 2 is 1.74 bits per heavy atom. The van der Waals surface area contributed by atoms with Crippen molar-refractivity contribution in [1.82, 2.24) is 4.98 Å². The van der Waals surface area contributed by atoms with Gasteiger partial charge in [-0.05, 0) is 36.6 Å². The van der Waals surface area contributed by atoms with Gasteiger partial charge in [0, 0.05) is 47.3 Å². The molecule has 2 heterocycles. The number of aromatic nitrogens is 1. The van der Waals surface area contributed by atoms with E-state index in [0.29, 0.717) is 0 Å². The van der Waals surface area contributed by atoms with E-state index in [1.54, 1.807) is 0 Å². The number of aryl methyl sites for hydroxylation is 1. The van der Waals surface area contributed by atoms with E-state index < -0.39 is 0 Å². The van der Waals surface area contributed by atoms with Gasteiger partial charge in [0.15, 0.2) is 5.78 Å². The first kappa shape index (κ1) is 27.7. The third-order valence-electron chi connectivity index (χ3n) is 5.02. The fourth-order valence-electron chi connectivity index (χ4n) is 3.41. The number of carbonyl (C=O) groups excluding carboxylic acids is 1. The molecule has 0 saturated heterocycles. The van der Waals surface area contributed by atoms with E-state index in [9.17, 15) is 4.79 Å². The fourth-order valence-corrected chi connectivity index (χ4v) is 4.48. The maximum absolute atomic E-state index is 10.0. The van der Waals surface area contributed by atoms with E-state index in [4.69, 9.17) is 10.1 Å². The van der Waals surface area contributed by atoms with Crippen molar-refractivity contribution in [3.63, 3.8) is 0 Å². The quantitative estimate of drug-likeness (QED) is 0.139. The van der Waals surface area contributed by atoms with Crippen molar-refractivity contribution in [2.75, 3.05) is 0 Å². The Kier molecular flexibility index (Phi) is 9.52. The molecule has 5 heteroatoms. The Bertz CT molecular complexity index is 1300. The summed E-state index contributed by atoms with van der Waals surface area (Å²) in [6.07, 6.45) is 3.15. The van der Waals surface area contributed by atoms with Gasteiger partial charge in [-0.15, -0.1) is 46.2 Å². The second kappa shape index (κ2) is 11.7. The molecule has 4 aromatic rings. The van der Waals surface area contributed by atoms with Crippen LogP contribution in [0.25, 0.3) is 31.8 Å². The topological polar surface area (TPSA) is 50.2 Å². The van der Waals surface area contributed by atoms with E-state index in [0.717, 1.165) is 16.8 Å². The molecule has 1 N–H and O–H groups in total. The average Bonchev–Trinajstić information content (AvgIpc) is 3.16. The summed E-state index contributed by atoms with van der Waals surface area (Å²) in [5, 5.41) is 9.56. The number of hydrogen-bond acceptors (Lipinski definition) is 4. The van der Waals surface area contributed by atoms with E-state index in [2.05, 4.69) is 88.4 Å². The molecule has 0 fully saturated rings. The van der Waals surface area contributed by atoms with Gasteiger partial charge in [0.25, 0.3) is 0 Å². The van der Waals surface area contributed by atoms with Crippen LogP contribution in [0.4, 0.5) is 0 Å². The summed E-state index contributed by atoms with van der Waals surface area (Å²) in [7, 11) is 0. The summed E-state index contributed by atoms with van der Waals surface area (Å²) < 4.78 is 1.26. The van der Waals surface area contributed by atoms with E-state index >= 15 is 0 Å². The van der Waals surface area contributed by atoms with Crippen molar-refractivity contribution in [3.05, 3.63) is 89.8 Å². The minimum Gasteiger partial charge on any atom is -0.512 e. The number of ketones is 1. The van der Waals surface area contributed by atoms with E-state index in [1.165, 1.54) is 46.0 Å². The molecule has 1 radical (unpaired) electrons. The molecule has 0 aliphatic carbocycles. The largest absolute Gasteiger partial charge is 0.512 e. The van der Waals surface area contributed by atoms with Crippen LogP contribution in [0.15, 0.2) is 72.6 Å². The van der Waals surface area contributed by atoms with Gasteiger partial charge >= 0.3 is 0 Å². The monoisotopic (exact) mass is 649 g/mol. The summed E-state index contributed by atoms with van der Waals surface area (Å²) in [6, 6.07) is 22.9. The summed E-state index contributed by atoms with van der Waals surface area (Å²) in [6.45, 7) is 11.7. The summed E-state index contributed by atoms with van der Waals surface area (Å²) >= 11 is 1.82. The van der Waals surface area contributed by atoms with Gasteiger partial charge < -0.3 is 10.1 Å². The van der Waals surface area contributed by atoms with Gasteiger partial charge in [0.1, 0.15) is 0 Å². The maximum Gasteiger partial charge on any atom is 0.155 e. The number of aliphatic hydroxyl groups is 1. The number of thiophene rings is 1. The van der Waals surface area contributed by atoms with Gasteiger partial charge in [0.05, 0.1) is 5.76 Å². The van der Waals surface area contributed by atoms with Crippen molar-refractivity contribution in [1.29, 1.82) is 0 Å². The van der Waals surface area contributed by atoms with Gasteiger partial charge in [0.2, 0.25) is 0 Å². The van der Waals surface area contributed by atoms with E-state index in [-0.39, 0.29) is 37.1 Å².